The average molecular weight is 255 g/mol. The minimum absolute atomic E-state index is 0.158. The maximum Gasteiger partial charge on any atom is 0.339 e. The summed E-state index contributed by atoms with van der Waals surface area (Å²) in [6, 6.07) is 9.88. The van der Waals surface area contributed by atoms with Crippen LogP contribution in [-0.2, 0) is 12.8 Å². The first-order chi connectivity index (χ1) is 9.24. The quantitative estimate of drug-likeness (QED) is 0.874. The molecule has 5 heteroatoms. The Labute approximate surface area is 110 Å². The highest BCUT2D eigenvalue weighted by atomic mass is 16.4. The molecule has 1 aliphatic carbocycles. The van der Waals surface area contributed by atoms with Gasteiger partial charge in [0.05, 0.1) is 6.20 Å². The van der Waals surface area contributed by atoms with Crippen molar-refractivity contribution >= 4 is 11.8 Å². The molecule has 0 fully saturated rings. The van der Waals surface area contributed by atoms with Crippen LogP contribution >= 0.6 is 0 Å². The van der Waals surface area contributed by atoms with Gasteiger partial charge in [0.25, 0.3) is 0 Å². The zero-order valence-electron chi connectivity index (χ0n) is 10.2. The highest BCUT2D eigenvalue weighted by Crippen LogP contribution is 2.24. The van der Waals surface area contributed by atoms with E-state index in [0.717, 1.165) is 12.8 Å². The highest BCUT2D eigenvalue weighted by molar-refractivity contribution is 5.92. The smallest absolute Gasteiger partial charge is 0.339 e. The Balaban J connectivity index is 1.80. The number of carbonyl (C=O) groups is 1. The molecule has 0 saturated carbocycles. The van der Waals surface area contributed by atoms with Gasteiger partial charge in [-0.3, -0.25) is 0 Å². The molecule has 3 rings (SSSR count). The lowest BCUT2D eigenvalue weighted by Crippen LogP contribution is -2.22. The number of fused-ring (bicyclic) bond motifs is 1. The topological polar surface area (TPSA) is 75.1 Å². The summed E-state index contributed by atoms with van der Waals surface area (Å²) in [7, 11) is 0. The van der Waals surface area contributed by atoms with Crippen molar-refractivity contribution in [1.29, 1.82) is 0 Å². The third-order valence-corrected chi connectivity index (χ3v) is 3.34. The highest BCUT2D eigenvalue weighted by Gasteiger charge is 2.23. The first kappa shape index (κ1) is 11.6. The molecular formula is C14H13N3O2. The standard InChI is InChI=1S/C14H13N3O2/c18-14(19)12-5-6-15-17-13(12)16-11-7-9-3-1-2-4-10(9)8-11/h1-6,11H,7-8H2,(H,16,17)(H,18,19). The minimum Gasteiger partial charge on any atom is -0.478 e. The van der Waals surface area contributed by atoms with E-state index in [0.29, 0.717) is 5.82 Å². The molecule has 0 aliphatic heterocycles. The van der Waals surface area contributed by atoms with Crippen molar-refractivity contribution in [3.8, 4) is 0 Å². The van der Waals surface area contributed by atoms with E-state index < -0.39 is 5.97 Å². The van der Waals surface area contributed by atoms with Crippen molar-refractivity contribution in [3.05, 3.63) is 53.2 Å². The van der Waals surface area contributed by atoms with Crippen LogP contribution in [0.25, 0.3) is 0 Å². The van der Waals surface area contributed by atoms with Gasteiger partial charge in [-0.05, 0) is 30.0 Å². The molecule has 2 aromatic rings. The van der Waals surface area contributed by atoms with E-state index in [1.54, 1.807) is 0 Å². The van der Waals surface area contributed by atoms with Crippen molar-refractivity contribution < 1.29 is 9.90 Å². The maximum absolute atomic E-state index is 11.1. The summed E-state index contributed by atoms with van der Waals surface area (Å²) < 4.78 is 0. The van der Waals surface area contributed by atoms with Crippen LogP contribution in [0.4, 0.5) is 5.82 Å². The van der Waals surface area contributed by atoms with Gasteiger partial charge in [0.1, 0.15) is 5.56 Å². The zero-order valence-corrected chi connectivity index (χ0v) is 10.2. The lowest BCUT2D eigenvalue weighted by molar-refractivity contribution is 0.0697. The van der Waals surface area contributed by atoms with Gasteiger partial charge in [0, 0.05) is 6.04 Å². The third-order valence-electron chi connectivity index (χ3n) is 3.34. The molecule has 0 radical (unpaired) electrons. The van der Waals surface area contributed by atoms with Gasteiger partial charge in [0.15, 0.2) is 5.82 Å². The monoisotopic (exact) mass is 255 g/mol. The van der Waals surface area contributed by atoms with Crippen molar-refractivity contribution in [3.63, 3.8) is 0 Å². The Bertz CT molecular complexity index is 603. The van der Waals surface area contributed by atoms with Crippen molar-refractivity contribution in [2.45, 2.75) is 18.9 Å². The van der Waals surface area contributed by atoms with E-state index in [-0.39, 0.29) is 11.6 Å². The normalized spacial score (nSPS) is 14.1. The molecule has 2 N–H and O–H groups in total. The minimum atomic E-state index is -0.993. The predicted octanol–water partition coefficient (Wildman–Crippen LogP) is 1.75. The molecule has 0 saturated heterocycles. The molecule has 0 bridgehead atoms. The predicted molar refractivity (Wildman–Crippen MR) is 70.3 cm³/mol. The number of rotatable bonds is 3. The number of nitrogens with one attached hydrogen (secondary N) is 1. The summed E-state index contributed by atoms with van der Waals surface area (Å²) in [5.41, 5.74) is 2.77. The fourth-order valence-electron chi connectivity index (χ4n) is 2.47. The Kier molecular flexibility index (Phi) is 2.87. The number of anilines is 1. The van der Waals surface area contributed by atoms with Gasteiger partial charge in [-0.1, -0.05) is 24.3 Å². The molecule has 1 aliphatic rings. The summed E-state index contributed by atoms with van der Waals surface area (Å²) >= 11 is 0. The lowest BCUT2D eigenvalue weighted by atomic mass is 10.1. The lowest BCUT2D eigenvalue weighted by Gasteiger charge is -2.13. The second kappa shape index (κ2) is 4.68. The number of nitrogens with zero attached hydrogens (tertiary/aromatic N) is 2. The number of benzene rings is 1. The number of carboxylic acid groups (broad SMARTS) is 1. The van der Waals surface area contributed by atoms with Crippen LogP contribution < -0.4 is 5.32 Å². The summed E-state index contributed by atoms with van der Waals surface area (Å²) in [5, 5.41) is 19.9. The summed E-state index contributed by atoms with van der Waals surface area (Å²) in [5.74, 6) is -0.652. The molecule has 96 valence electrons. The van der Waals surface area contributed by atoms with Gasteiger partial charge >= 0.3 is 5.97 Å². The van der Waals surface area contributed by atoms with Crippen molar-refractivity contribution in [2.75, 3.05) is 5.32 Å². The molecule has 1 aromatic carbocycles. The van der Waals surface area contributed by atoms with Gasteiger partial charge in [-0.15, -0.1) is 5.10 Å². The van der Waals surface area contributed by atoms with Crippen LogP contribution in [0.5, 0.6) is 0 Å². The number of aromatic nitrogens is 2. The van der Waals surface area contributed by atoms with Gasteiger partial charge < -0.3 is 10.4 Å². The fraction of sp³-hybridized carbons (Fsp3) is 0.214. The van der Waals surface area contributed by atoms with E-state index in [1.807, 2.05) is 12.1 Å². The van der Waals surface area contributed by atoms with Gasteiger partial charge in [0.2, 0.25) is 0 Å². The van der Waals surface area contributed by atoms with Crippen LogP contribution in [0, 0.1) is 0 Å². The van der Waals surface area contributed by atoms with Crippen LogP contribution in [0.15, 0.2) is 36.5 Å². The second-order valence-electron chi connectivity index (χ2n) is 4.62. The second-order valence-corrected chi connectivity index (χ2v) is 4.62. The Morgan fingerprint density at radius 3 is 2.53 bits per heavy atom. The number of hydrogen-bond donors (Lipinski definition) is 2. The Morgan fingerprint density at radius 1 is 1.21 bits per heavy atom. The van der Waals surface area contributed by atoms with Crippen LogP contribution in [0.1, 0.15) is 21.5 Å². The van der Waals surface area contributed by atoms with E-state index in [1.165, 1.54) is 23.4 Å². The third kappa shape index (κ3) is 2.27. The average Bonchev–Trinajstić information content (AvgIpc) is 2.81. The Hall–Kier alpha value is -2.43. The molecular weight excluding hydrogens is 242 g/mol. The van der Waals surface area contributed by atoms with Crippen molar-refractivity contribution in [2.24, 2.45) is 0 Å². The largest absolute Gasteiger partial charge is 0.478 e. The molecule has 1 aromatic heterocycles. The molecule has 0 atom stereocenters. The number of hydrogen-bond acceptors (Lipinski definition) is 4. The SMILES string of the molecule is O=C(O)c1ccnnc1NC1Cc2ccccc2C1. The van der Waals surface area contributed by atoms with E-state index in [9.17, 15) is 4.79 Å². The van der Waals surface area contributed by atoms with Gasteiger partial charge in [-0.25, -0.2) is 4.79 Å². The fourth-order valence-corrected chi connectivity index (χ4v) is 2.47. The molecule has 5 nitrogen and oxygen atoms in total. The van der Waals surface area contributed by atoms with E-state index in [4.69, 9.17) is 5.11 Å². The van der Waals surface area contributed by atoms with Gasteiger partial charge in [-0.2, -0.15) is 5.10 Å². The molecule has 0 spiro atoms. The summed E-state index contributed by atoms with van der Waals surface area (Å²) in [6.45, 7) is 0. The molecule has 1 heterocycles. The van der Waals surface area contributed by atoms with Crippen LogP contribution in [0.3, 0.4) is 0 Å². The maximum atomic E-state index is 11.1. The van der Waals surface area contributed by atoms with E-state index >= 15 is 0 Å². The first-order valence-electron chi connectivity index (χ1n) is 6.12. The first-order valence-corrected chi connectivity index (χ1v) is 6.12. The van der Waals surface area contributed by atoms with Crippen LogP contribution in [0.2, 0.25) is 0 Å². The van der Waals surface area contributed by atoms with Crippen LogP contribution in [-0.4, -0.2) is 27.3 Å². The molecule has 0 amide bonds. The number of aromatic carboxylic acids is 1. The summed E-state index contributed by atoms with van der Waals surface area (Å²) in [4.78, 5) is 11.1. The number of carboxylic acids is 1. The summed E-state index contributed by atoms with van der Waals surface area (Å²) in [6.07, 6.45) is 3.15. The van der Waals surface area contributed by atoms with E-state index in [2.05, 4.69) is 27.6 Å². The Morgan fingerprint density at radius 2 is 1.89 bits per heavy atom. The zero-order chi connectivity index (χ0) is 13.2. The molecule has 19 heavy (non-hydrogen) atoms. The molecule has 0 unspecified atom stereocenters. The van der Waals surface area contributed by atoms with Crippen molar-refractivity contribution in [1.82, 2.24) is 10.2 Å².